The smallest absolute Gasteiger partial charge is 0.293 e. The molecule has 0 unspecified atom stereocenters. The van der Waals surface area contributed by atoms with Gasteiger partial charge in [0.15, 0.2) is 10.9 Å². The lowest BCUT2D eigenvalue weighted by Crippen LogP contribution is -2.34. The standard InChI is InChI=1S/C17H12ClIN2O2S/c1-9-11-4-2-3-5-14(11)23-15(9)16(22)21-17(24)20-13-7-6-10(19)8-12(13)18/h2-8H,1H3,(H2,20,21,22,24). The molecule has 0 aliphatic carbocycles. The molecule has 0 saturated heterocycles. The SMILES string of the molecule is Cc1c(C(=O)NC(=S)Nc2ccc(I)cc2Cl)oc2ccccc12. The monoisotopic (exact) mass is 470 g/mol. The molecule has 3 aromatic rings. The summed E-state index contributed by atoms with van der Waals surface area (Å²) in [7, 11) is 0. The van der Waals surface area contributed by atoms with Crippen molar-refractivity contribution in [3.63, 3.8) is 0 Å². The van der Waals surface area contributed by atoms with E-state index in [-0.39, 0.29) is 10.9 Å². The quantitative estimate of drug-likeness (QED) is 0.403. The van der Waals surface area contributed by atoms with E-state index in [1.807, 2.05) is 37.3 Å². The van der Waals surface area contributed by atoms with E-state index in [4.69, 9.17) is 28.2 Å². The molecule has 0 bridgehead atoms. The van der Waals surface area contributed by atoms with Gasteiger partial charge in [0.05, 0.1) is 10.7 Å². The second-order valence-corrected chi connectivity index (χ2v) is 7.15. The fraction of sp³-hybridized carbons (Fsp3) is 0.0588. The van der Waals surface area contributed by atoms with Gasteiger partial charge in [0.2, 0.25) is 0 Å². The van der Waals surface area contributed by atoms with Crippen molar-refractivity contribution in [1.82, 2.24) is 5.32 Å². The van der Waals surface area contributed by atoms with E-state index in [0.29, 0.717) is 16.3 Å². The van der Waals surface area contributed by atoms with Crippen LogP contribution in [0.3, 0.4) is 0 Å². The van der Waals surface area contributed by atoms with Crippen molar-refractivity contribution in [1.29, 1.82) is 0 Å². The van der Waals surface area contributed by atoms with Gasteiger partial charge in [-0.2, -0.15) is 0 Å². The van der Waals surface area contributed by atoms with E-state index < -0.39 is 5.91 Å². The van der Waals surface area contributed by atoms with Gasteiger partial charge in [-0.05, 0) is 66.0 Å². The average molecular weight is 471 g/mol. The van der Waals surface area contributed by atoms with Crippen LogP contribution in [0.25, 0.3) is 11.0 Å². The Balaban J connectivity index is 1.76. The lowest BCUT2D eigenvalue weighted by atomic mass is 10.1. The molecule has 0 saturated carbocycles. The second-order valence-electron chi connectivity index (χ2n) is 5.08. The van der Waals surface area contributed by atoms with Gasteiger partial charge >= 0.3 is 0 Å². The lowest BCUT2D eigenvalue weighted by Gasteiger charge is -2.10. The van der Waals surface area contributed by atoms with Gasteiger partial charge in [0.25, 0.3) is 5.91 Å². The minimum Gasteiger partial charge on any atom is -0.451 e. The topological polar surface area (TPSA) is 54.3 Å². The van der Waals surface area contributed by atoms with E-state index in [1.165, 1.54) is 0 Å². The summed E-state index contributed by atoms with van der Waals surface area (Å²) >= 11 is 13.5. The van der Waals surface area contributed by atoms with Gasteiger partial charge in [0, 0.05) is 14.5 Å². The number of anilines is 1. The number of carbonyl (C=O) groups excluding carboxylic acids is 1. The number of para-hydroxylation sites is 1. The zero-order valence-electron chi connectivity index (χ0n) is 12.5. The molecule has 0 radical (unpaired) electrons. The van der Waals surface area contributed by atoms with Crippen molar-refractivity contribution in [3.05, 3.63) is 62.4 Å². The molecule has 7 heteroatoms. The molecule has 0 atom stereocenters. The summed E-state index contributed by atoms with van der Waals surface area (Å²) in [6.45, 7) is 1.84. The molecule has 2 N–H and O–H groups in total. The van der Waals surface area contributed by atoms with Gasteiger partial charge in [-0.1, -0.05) is 29.8 Å². The van der Waals surface area contributed by atoms with E-state index in [2.05, 4.69) is 33.2 Å². The van der Waals surface area contributed by atoms with Crippen molar-refractivity contribution in [3.8, 4) is 0 Å². The van der Waals surface area contributed by atoms with Gasteiger partial charge < -0.3 is 9.73 Å². The summed E-state index contributed by atoms with van der Waals surface area (Å²) in [5.41, 5.74) is 2.07. The Labute approximate surface area is 162 Å². The number of benzene rings is 2. The summed E-state index contributed by atoms with van der Waals surface area (Å²) < 4.78 is 6.63. The average Bonchev–Trinajstić information content (AvgIpc) is 2.88. The summed E-state index contributed by atoms with van der Waals surface area (Å²) in [6.07, 6.45) is 0. The summed E-state index contributed by atoms with van der Waals surface area (Å²) in [5, 5.41) is 7.12. The number of fused-ring (bicyclic) bond motifs is 1. The van der Waals surface area contributed by atoms with Gasteiger partial charge in [-0.15, -0.1) is 0 Å². The normalized spacial score (nSPS) is 10.6. The number of rotatable bonds is 2. The molecule has 2 aromatic carbocycles. The first-order chi connectivity index (χ1) is 11.5. The Morgan fingerprint density at radius 2 is 2.00 bits per heavy atom. The van der Waals surface area contributed by atoms with Crippen LogP contribution in [0.5, 0.6) is 0 Å². The molecule has 0 aliphatic heterocycles. The molecule has 24 heavy (non-hydrogen) atoms. The van der Waals surface area contributed by atoms with Gasteiger partial charge in [0.1, 0.15) is 5.58 Å². The van der Waals surface area contributed by atoms with Crippen LogP contribution in [0.2, 0.25) is 5.02 Å². The van der Waals surface area contributed by atoms with Crippen molar-refractivity contribution >= 4 is 74.1 Å². The summed E-state index contributed by atoms with van der Waals surface area (Å²) in [5.74, 6) is -0.156. The Kier molecular flexibility index (Phi) is 5.07. The third-order valence-corrected chi connectivity index (χ3v) is 4.64. The maximum atomic E-state index is 12.4. The fourth-order valence-electron chi connectivity index (χ4n) is 2.30. The number of amides is 1. The van der Waals surface area contributed by atoms with Gasteiger partial charge in [-0.25, -0.2) is 0 Å². The Morgan fingerprint density at radius 1 is 1.25 bits per heavy atom. The number of carbonyl (C=O) groups is 1. The minimum absolute atomic E-state index is 0.156. The fourth-order valence-corrected chi connectivity index (χ4v) is 3.40. The minimum atomic E-state index is -0.400. The number of furan rings is 1. The Morgan fingerprint density at radius 3 is 2.71 bits per heavy atom. The van der Waals surface area contributed by atoms with E-state index in [9.17, 15) is 4.79 Å². The number of halogens is 2. The van der Waals surface area contributed by atoms with Crippen LogP contribution in [-0.4, -0.2) is 11.0 Å². The van der Waals surface area contributed by atoms with Crippen LogP contribution >= 0.6 is 46.4 Å². The molecule has 1 aromatic heterocycles. The number of nitrogens with one attached hydrogen (secondary N) is 2. The highest BCUT2D eigenvalue weighted by Crippen LogP contribution is 2.25. The van der Waals surface area contributed by atoms with Crippen molar-refractivity contribution < 1.29 is 9.21 Å². The molecule has 1 amide bonds. The molecular formula is C17H12ClIN2O2S. The van der Waals surface area contributed by atoms with Crippen LogP contribution in [0.1, 0.15) is 16.1 Å². The van der Waals surface area contributed by atoms with Crippen molar-refractivity contribution in [2.45, 2.75) is 6.92 Å². The molecule has 1 heterocycles. The molecule has 4 nitrogen and oxygen atoms in total. The first-order valence-corrected chi connectivity index (χ1v) is 8.87. The van der Waals surface area contributed by atoms with Gasteiger partial charge in [-0.3, -0.25) is 10.1 Å². The van der Waals surface area contributed by atoms with E-state index in [0.717, 1.165) is 14.5 Å². The van der Waals surface area contributed by atoms with Crippen LogP contribution in [0, 0.1) is 10.5 Å². The van der Waals surface area contributed by atoms with Crippen molar-refractivity contribution in [2.75, 3.05) is 5.32 Å². The number of thiocarbonyl (C=S) groups is 1. The van der Waals surface area contributed by atoms with Crippen LogP contribution in [0.15, 0.2) is 46.9 Å². The third-order valence-electron chi connectivity index (χ3n) is 3.46. The largest absolute Gasteiger partial charge is 0.451 e. The Bertz CT molecular complexity index is 955. The summed E-state index contributed by atoms with van der Waals surface area (Å²) in [6, 6.07) is 13.0. The number of hydrogen-bond donors (Lipinski definition) is 2. The summed E-state index contributed by atoms with van der Waals surface area (Å²) in [4.78, 5) is 12.4. The van der Waals surface area contributed by atoms with E-state index >= 15 is 0 Å². The predicted molar refractivity (Wildman–Crippen MR) is 109 cm³/mol. The van der Waals surface area contributed by atoms with Crippen LogP contribution in [0.4, 0.5) is 5.69 Å². The number of aryl methyl sites for hydroxylation is 1. The molecule has 3 rings (SSSR count). The predicted octanol–water partition coefficient (Wildman–Crippen LogP) is 5.13. The van der Waals surface area contributed by atoms with E-state index in [1.54, 1.807) is 12.1 Å². The first kappa shape index (κ1) is 17.2. The third kappa shape index (κ3) is 3.55. The zero-order valence-corrected chi connectivity index (χ0v) is 16.3. The molecule has 0 spiro atoms. The maximum absolute atomic E-state index is 12.4. The highest BCUT2D eigenvalue weighted by atomic mass is 127. The lowest BCUT2D eigenvalue weighted by molar-refractivity contribution is 0.0952. The molecule has 122 valence electrons. The Hall–Kier alpha value is -1.64. The highest BCUT2D eigenvalue weighted by Gasteiger charge is 2.18. The molecular weight excluding hydrogens is 459 g/mol. The highest BCUT2D eigenvalue weighted by molar-refractivity contribution is 14.1. The molecule has 0 aliphatic rings. The molecule has 0 fully saturated rings. The maximum Gasteiger partial charge on any atom is 0.293 e. The van der Waals surface area contributed by atoms with Crippen LogP contribution in [-0.2, 0) is 0 Å². The second kappa shape index (κ2) is 7.08. The van der Waals surface area contributed by atoms with Crippen LogP contribution < -0.4 is 10.6 Å². The zero-order chi connectivity index (χ0) is 17.3. The van der Waals surface area contributed by atoms with Crippen molar-refractivity contribution in [2.24, 2.45) is 0 Å². The first-order valence-electron chi connectivity index (χ1n) is 7.01. The number of hydrogen-bond acceptors (Lipinski definition) is 3.